The van der Waals surface area contributed by atoms with E-state index in [4.69, 9.17) is 4.74 Å². The summed E-state index contributed by atoms with van der Waals surface area (Å²) in [4.78, 5) is 46.1. The summed E-state index contributed by atoms with van der Waals surface area (Å²) in [6.45, 7) is 5.52. The Morgan fingerprint density at radius 1 is 1.06 bits per heavy atom. The van der Waals surface area contributed by atoms with Crippen LogP contribution in [0.25, 0.3) is 0 Å². The number of nitrogens with zero attached hydrogens (tertiary/aromatic N) is 3. The van der Waals surface area contributed by atoms with Crippen LogP contribution >= 0.6 is 23.1 Å². The van der Waals surface area contributed by atoms with Gasteiger partial charge in [-0.3, -0.25) is 19.7 Å². The number of piperazine rings is 1. The number of amides is 3. The second-order valence-electron chi connectivity index (χ2n) is 8.02. The van der Waals surface area contributed by atoms with Gasteiger partial charge in [-0.25, -0.2) is 4.98 Å². The molecule has 1 aliphatic heterocycles. The molecule has 8 nitrogen and oxygen atoms in total. The van der Waals surface area contributed by atoms with Gasteiger partial charge in [0.05, 0.1) is 23.1 Å². The Labute approximate surface area is 212 Å². The molecular weight excluding hydrogens is 484 g/mol. The third-order valence-corrected chi connectivity index (χ3v) is 7.86. The molecule has 1 aromatic heterocycles. The van der Waals surface area contributed by atoms with Gasteiger partial charge in [-0.2, -0.15) is 0 Å². The second-order valence-corrected chi connectivity index (χ2v) is 10.4. The summed E-state index contributed by atoms with van der Waals surface area (Å²) in [5.41, 5.74) is 2.02. The van der Waals surface area contributed by atoms with Crippen molar-refractivity contribution < 1.29 is 19.1 Å². The number of benzene rings is 2. The molecule has 35 heavy (non-hydrogen) atoms. The average molecular weight is 511 g/mol. The Hall–Kier alpha value is -3.37. The van der Waals surface area contributed by atoms with Gasteiger partial charge in [0.15, 0.2) is 5.13 Å². The van der Waals surface area contributed by atoms with Gasteiger partial charge in [0.1, 0.15) is 5.75 Å². The molecule has 3 aromatic rings. The molecule has 0 atom stereocenters. The SMILES string of the molecule is COc1cc(C)c(Sc2cnc(NC(=O)c3ccccc3)s2)cc1C(=O)N1CCN(C(C)=O)CC1. The Morgan fingerprint density at radius 3 is 2.40 bits per heavy atom. The maximum absolute atomic E-state index is 13.3. The monoisotopic (exact) mass is 510 g/mol. The van der Waals surface area contributed by atoms with Crippen LogP contribution in [0.3, 0.4) is 0 Å². The average Bonchev–Trinajstić information content (AvgIpc) is 3.31. The standard InChI is InChI=1S/C25H26N4O4S2/c1-16-13-20(33-3)19(24(32)29-11-9-28(10-12-29)17(2)30)14-21(16)34-22-15-26-25(35-22)27-23(31)18-7-5-4-6-8-18/h4-8,13-15H,9-12H2,1-3H3,(H,26,27,31). The quantitative estimate of drug-likeness (QED) is 0.535. The highest BCUT2D eigenvalue weighted by atomic mass is 32.2. The van der Waals surface area contributed by atoms with Gasteiger partial charge in [-0.05, 0) is 36.8 Å². The van der Waals surface area contributed by atoms with Gasteiger partial charge in [0, 0.05) is 43.6 Å². The zero-order chi connectivity index (χ0) is 24.9. The van der Waals surface area contributed by atoms with Gasteiger partial charge in [-0.1, -0.05) is 41.3 Å². The van der Waals surface area contributed by atoms with Crippen molar-refractivity contribution in [2.24, 2.45) is 0 Å². The minimum Gasteiger partial charge on any atom is -0.496 e. The molecule has 0 saturated carbocycles. The van der Waals surface area contributed by atoms with E-state index in [-0.39, 0.29) is 17.7 Å². The first-order valence-electron chi connectivity index (χ1n) is 11.1. The Kier molecular flexibility index (Phi) is 7.72. The number of anilines is 1. The first kappa shape index (κ1) is 24.7. The van der Waals surface area contributed by atoms with E-state index in [1.54, 1.807) is 42.2 Å². The molecule has 10 heteroatoms. The lowest BCUT2D eigenvalue weighted by atomic mass is 10.1. The summed E-state index contributed by atoms with van der Waals surface area (Å²) in [6, 6.07) is 12.7. The van der Waals surface area contributed by atoms with Crippen LogP contribution in [0.15, 0.2) is 57.8 Å². The first-order chi connectivity index (χ1) is 16.9. The normalized spacial score (nSPS) is 13.5. The number of carbonyl (C=O) groups is 3. The lowest BCUT2D eigenvalue weighted by Crippen LogP contribution is -2.50. The van der Waals surface area contributed by atoms with E-state index in [9.17, 15) is 14.4 Å². The number of hydrogen-bond donors (Lipinski definition) is 1. The number of rotatable bonds is 6. The van der Waals surface area contributed by atoms with Gasteiger partial charge in [-0.15, -0.1) is 0 Å². The van der Waals surface area contributed by atoms with Crippen LogP contribution in [0.1, 0.15) is 33.2 Å². The summed E-state index contributed by atoms with van der Waals surface area (Å²) in [5.74, 6) is 0.209. The van der Waals surface area contributed by atoms with E-state index in [0.29, 0.717) is 48.2 Å². The molecule has 2 heterocycles. The maximum Gasteiger partial charge on any atom is 0.257 e. The summed E-state index contributed by atoms with van der Waals surface area (Å²) in [7, 11) is 1.55. The number of methoxy groups -OCH3 is 1. The van der Waals surface area contributed by atoms with Gasteiger partial charge >= 0.3 is 0 Å². The number of nitrogens with one attached hydrogen (secondary N) is 1. The molecule has 1 aliphatic rings. The maximum atomic E-state index is 13.3. The fraction of sp³-hybridized carbons (Fsp3) is 0.280. The smallest absolute Gasteiger partial charge is 0.257 e. The van der Waals surface area contributed by atoms with E-state index >= 15 is 0 Å². The molecule has 2 aromatic carbocycles. The van der Waals surface area contributed by atoms with Crippen molar-refractivity contribution in [2.45, 2.75) is 23.0 Å². The lowest BCUT2D eigenvalue weighted by Gasteiger charge is -2.34. The Balaban J connectivity index is 1.49. The summed E-state index contributed by atoms with van der Waals surface area (Å²) in [5, 5.41) is 3.33. The van der Waals surface area contributed by atoms with E-state index in [2.05, 4.69) is 10.3 Å². The van der Waals surface area contributed by atoms with Crippen molar-refractivity contribution in [3.8, 4) is 5.75 Å². The summed E-state index contributed by atoms with van der Waals surface area (Å²) in [6.07, 6.45) is 1.71. The predicted molar refractivity (Wildman–Crippen MR) is 137 cm³/mol. The zero-order valence-corrected chi connectivity index (χ0v) is 21.4. The molecular formula is C25H26N4O4S2. The van der Waals surface area contributed by atoms with Crippen LogP contribution in [0.5, 0.6) is 5.75 Å². The van der Waals surface area contributed by atoms with Crippen LogP contribution in [0, 0.1) is 6.92 Å². The summed E-state index contributed by atoms with van der Waals surface area (Å²) < 4.78 is 6.40. The minimum absolute atomic E-state index is 0.0209. The molecule has 0 radical (unpaired) electrons. The van der Waals surface area contributed by atoms with Crippen LogP contribution in [0.2, 0.25) is 0 Å². The molecule has 0 aliphatic carbocycles. The predicted octanol–water partition coefficient (Wildman–Crippen LogP) is 4.17. The highest BCUT2D eigenvalue weighted by Crippen LogP contribution is 2.38. The third kappa shape index (κ3) is 5.83. The molecule has 0 spiro atoms. The van der Waals surface area contributed by atoms with Gasteiger partial charge < -0.3 is 14.5 Å². The van der Waals surface area contributed by atoms with E-state index in [1.807, 2.05) is 37.3 Å². The van der Waals surface area contributed by atoms with E-state index in [0.717, 1.165) is 14.7 Å². The molecule has 4 rings (SSSR count). The molecule has 0 unspecified atom stereocenters. The molecule has 1 saturated heterocycles. The van der Waals surface area contributed by atoms with E-state index < -0.39 is 0 Å². The van der Waals surface area contributed by atoms with Crippen molar-refractivity contribution in [1.29, 1.82) is 0 Å². The van der Waals surface area contributed by atoms with E-state index in [1.165, 1.54) is 23.1 Å². The van der Waals surface area contributed by atoms with Crippen molar-refractivity contribution in [2.75, 3.05) is 38.6 Å². The molecule has 0 bridgehead atoms. The summed E-state index contributed by atoms with van der Waals surface area (Å²) >= 11 is 2.86. The molecule has 182 valence electrons. The van der Waals surface area contributed by atoms with Crippen molar-refractivity contribution in [3.05, 3.63) is 65.4 Å². The largest absolute Gasteiger partial charge is 0.496 e. The highest BCUT2D eigenvalue weighted by molar-refractivity contribution is 8.01. The van der Waals surface area contributed by atoms with Gasteiger partial charge in [0.2, 0.25) is 5.91 Å². The topological polar surface area (TPSA) is 91.8 Å². The van der Waals surface area contributed by atoms with Crippen molar-refractivity contribution in [3.63, 3.8) is 0 Å². The number of thiazole rings is 1. The number of aromatic nitrogens is 1. The number of ether oxygens (including phenoxy) is 1. The number of aryl methyl sites for hydroxylation is 1. The number of carbonyl (C=O) groups excluding carboxylic acids is 3. The zero-order valence-electron chi connectivity index (χ0n) is 19.7. The highest BCUT2D eigenvalue weighted by Gasteiger charge is 2.26. The Bertz CT molecular complexity index is 1240. The molecule has 3 amide bonds. The van der Waals surface area contributed by atoms with Crippen molar-refractivity contribution >= 4 is 46.0 Å². The first-order valence-corrected chi connectivity index (χ1v) is 12.7. The van der Waals surface area contributed by atoms with Crippen LogP contribution in [0.4, 0.5) is 5.13 Å². The van der Waals surface area contributed by atoms with Crippen LogP contribution in [-0.4, -0.2) is 65.8 Å². The molecule has 1 fully saturated rings. The Morgan fingerprint density at radius 2 is 1.74 bits per heavy atom. The lowest BCUT2D eigenvalue weighted by molar-refractivity contribution is -0.130. The van der Waals surface area contributed by atoms with Crippen LogP contribution < -0.4 is 10.1 Å². The van der Waals surface area contributed by atoms with Crippen molar-refractivity contribution in [1.82, 2.24) is 14.8 Å². The third-order valence-electron chi connectivity index (χ3n) is 5.69. The minimum atomic E-state index is -0.213. The fourth-order valence-corrected chi connectivity index (χ4v) is 5.67. The van der Waals surface area contributed by atoms with Gasteiger partial charge in [0.25, 0.3) is 11.8 Å². The molecule has 1 N–H and O–H groups in total. The fourth-order valence-electron chi connectivity index (χ4n) is 3.73. The van der Waals surface area contributed by atoms with Crippen LogP contribution in [-0.2, 0) is 4.79 Å². The number of hydrogen-bond acceptors (Lipinski definition) is 7. The second kappa shape index (κ2) is 10.9.